The molecule has 0 aliphatic rings. The van der Waals surface area contributed by atoms with E-state index in [-0.39, 0.29) is 5.41 Å². The second-order valence-electron chi connectivity index (χ2n) is 5.17. The van der Waals surface area contributed by atoms with Crippen molar-refractivity contribution in [1.29, 1.82) is 10.5 Å². The van der Waals surface area contributed by atoms with Crippen LogP contribution >= 0.6 is 0 Å². The average Bonchev–Trinajstić information content (AvgIpc) is 2.57. The van der Waals surface area contributed by atoms with E-state index in [1.165, 1.54) is 11.1 Å². The van der Waals surface area contributed by atoms with Gasteiger partial charge in [0.1, 0.15) is 0 Å². The Kier molecular flexibility index (Phi) is 4.41. The third kappa shape index (κ3) is 2.67. The summed E-state index contributed by atoms with van der Waals surface area (Å²) in [5.41, 5.74) is 3.73. The Hall–Kier alpha value is -2.58. The highest BCUT2D eigenvalue weighted by Crippen LogP contribution is 2.38. The van der Waals surface area contributed by atoms with Crippen molar-refractivity contribution in [2.24, 2.45) is 0 Å². The summed E-state index contributed by atoms with van der Waals surface area (Å²) in [5, 5.41) is 17.9. The molecule has 0 aromatic heterocycles. The largest absolute Gasteiger partial charge is 0.192 e. The molecule has 0 spiro atoms. The molecule has 0 bridgehead atoms. The van der Waals surface area contributed by atoms with Gasteiger partial charge >= 0.3 is 0 Å². The maximum absolute atomic E-state index is 8.94. The molecule has 0 saturated heterocycles. The van der Waals surface area contributed by atoms with Crippen molar-refractivity contribution in [3.63, 3.8) is 0 Å². The lowest BCUT2D eigenvalue weighted by molar-refractivity contribution is 0.478. The van der Waals surface area contributed by atoms with Gasteiger partial charge in [-0.15, -0.1) is 0 Å². The molecule has 0 unspecified atom stereocenters. The van der Waals surface area contributed by atoms with Gasteiger partial charge in [-0.3, -0.25) is 0 Å². The first kappa shape index (κ1) is 14.8. The molecule has 2 rings (SSSR count). The zero-order valence-electron chi connectivity index (χ0n) is 12.4. The van der Waals surface area contributed by atoms with Crippen LogP contribution in [0.25, 0.3) is 0 Å². The molecule has 0 radical (unpaired) electrons. The number of benzene rings is 2. The molecule has 0 saturated carbocycles. The summed E-state index contributed by atoms with van der Waals surface area (Å²) < 4.78 is 0. The summed E-state index contributed by atoms with van der Waals surface area (Å²) >= 11 is 0. The van der Waals surface area contributed by atoms with Crippen molar-refractivity contribution in [3.8, 4) is 12.1 Å². The first-order valence-corrected chi connectivity index (χ1v) is 7.21. The van der Waals surface area contributed by atoms with E-state index in [2.05, 4.69) is 26.0 Å². The van der Waals surface area contributed by atoms with Gasteiger partial charge in [0.15, 0.2) is 0 Å². The Labute approximate surface area is 126 Å². The smallest absolute Gasteiger partial charge is 0.0991 e. The van der Waals surface area contributed by atoms with Gasteiger partial charge in [0, 0.05) is 5.41 Å². The molecule has 2 aromatic carbocycles. The molecule has 0 N–H and O–H groups in total. The van der Waals surface area contributed by atoms with E-state index in [0.29, 0.717) is 11.1 Å². The van der Waals surface area contributed by atoms with Crippen molar-refractivity contribution in [3.05, 3.63) is 70.8 Å². The van der Waals surface area contributed by atoms with E-state index in [0.717, 1.165) is 12.8 Å². The van der Waals surface area contributed by atoms with E-state index >= 15 is 0 Å². The molecular formula is C19H18N2. The van der Waals surface area contributed by atoms with Crippen molar-refractivity contribution in [2.45, 2.75) is 32.1 Å². The second kappa shape index (κ2) is 6.25. The predicted molar refractivity (Wildman–Crippen MR) is 83.7 cm³/mol. The SMILES string of the molecule is CCC(CC)(c1ccc(C#N)cc1)c1ccc(C#N)cc1. The lowest BCUT2D eigenvalue weighted by atomic mass is 9.70. The van der Waals surface area contributed by atoms with Gasteiger partial charge in [-0.25, -0.2) is 0 Å². The van der Waals surface area contributed by atoms with Crippen LogP contribution in [0.5, 0.6) is 0 Å². The van der Waals surface area contributed by atoms with Gasteiger partial charge in [-0.05, 0) is 48.2 Å². The summed E-state index contributed by atoms with van der Waals surface area (Å²) in [7, 11) is 0. The molecule has 2 aromatic rings. The zero-order chi connectivity index (χ0) is 15.3. The molecule has 104 valence electrons. The van der Waals surface area contributed by atoms with Gasteiger partial charge in [0.2, 0.25) is 0 Å². The summed E-state index contributed by atoms with van der Waals surface area (Å²) in [4.78, 5) is 0. The summed E-state index contributed by atoms with van der Waals surface area (Å²) in [5.74, 6) is 0. The van der Waals surface area contributed by atoms with E-state index < -0.39 is 0 Å². The number of hydrogen-bond donors (Lipinski definition) is 0. The highest BCUT2D eigenvalue weighted by Gasteiger charge is 2.30. The van der Waals surface area contributed by atoms with Crippen LogP contribution in [0, 0.1) is 22.7 Å². The minimum Gasteiger partial charge on any atom is -0.192 e. The lowest BCUT2D eigenvalue weighted by Gasteiger charge is -2.33. The van der Waals surface area contributed by atoms with E-state index in [9.17, 15) is 0 Å². The van der Waals surface area contributed by atoms with Crippen LogP contribution < -0.4 is 0 Å². The monoisotopic (exact) mass is 274 g/mol. The number of hydrogen-bond acceptors (Lipinski definition) is 2. The molecule has 0 fully saturated rings. The Morgan fingerprint density at radius 2 is 1.05 bits per heavy atom. The molecule has 0 atom stereocenters. The first-order chi connectivity index (χ1) is 10.2. The Morgan fingerprint density at radius 3 is 1.29 bits per heavy atom. The zero-order valence-corrected chi connectivity index (χ0v) is 12.4. The maximum Gasteiger partial charge on any atom is 0.0991 e. The molecule has 21 heavy (non-hydrogen) atoms. The minimum atomic E-state index is -0.0675. The normalized spacial score (nSPS) is 10.7. The fourth-order valence-electron chi connectivity index (χ4n) is 2.96. The first-order valence-electron chi connectivity index (χ1n) is 7.21. The van der Waals surface area contributed by atoms with E-state index in [1.54, 1.807) is 0 Å². The molecule has 2 heteroatoms. The fraction of sp³-hybridized carbons (Fsp3) is 0.263. The van der Waals surface area contributed by atoms with Crippen LogP contribution in [-0.2, 0) is 5.41 Å². The number of nitrogens with zero attached hydrogens (tertiary/aromatic N) is 2. The van der Waals surface area contributed by atoms with Gasteiger partial charge in [0.25, 0.3) is 0 Å². The second-order valence-corrected chi connectivity index (χ2v) is 5.17. The van der Waals surface area contributed by atoms with Crippen molar-refractivity contribution >= 4 is 0 Å². The minimum absolute atomic E-state index is 0.0675. The van der Waals surface area contributed by atoms with Crippen LogP contribution in [0.15, 0.2) is 48.5 Å². The molecule has 0 aliphatic heterocycles. The highest BCUT2D eigenvalue weighted by molar-refractivity contribution is 5.44. The van der Waals surface area contributed by atoms with Gasteiger partial charge in [-0.1, -0.05) is 38.1 Å². The molecular weight excluding hydrogens is 256 g/mol. The van der Waals surface area contributed by atoms with E-state index in [4.69, 9.17) is 10.5 Å². The number of rotatable bonds is 4. The Balaban J connectivity index is 2.53. The molecule has 2 nitrogen and oxygen atoms in total. The van der Waals surface area contributed by atoms with Crippen molar-refractivity contribution in [2.75, 3.05) is 0 Å². The molecule has 0 aliphatic carbocycles. The third-order valence-electron chi connectivity index (χ3n) is 4.34. The summed E-state index contributed by atoms with van der Waals surface area (Å²) in [6, 6.07) is 20.0. The van der Waals surface area contributed by atoms with E-state index in [1.807, 2.05) is 48.5 Å². The average molecular weight is 274 g/mol. The van der Waals surface area contributed by atoms with Crippen LogP contribution in [0.3, 0.4) is 0 Å². The van der Waals surface area contributed by atoms with Crippen LogP contribution in [0.2, 0.25) is 0 Å². The van der Waals surface area contributed by atoms with Crippen molar-refractivity contribution in [1.82, 2.24) is 0 Å². The lowest BCUT2D eigenvalue weighted by Crippen LogP contribution is -2.26. The Bertz CT molecular complexity index is 619. The highest BCUT2D eigenvalue weighted by atomic mass is 14.3. The fourth-order valence-corrected chi connectivity index (χ4v) is 2.96. The summed E-state index contributed by atoms with van der Waals surface area (Å²) in [6.45, 7) is 4.36. The topological polar surface area (TPSA) is 47.6 Å². The maximum atomic E-state index is 8.94. The summed E-state index contributed by atoms with van der Waals surface area (Å²) in [6.07, 6.45) is 1.95. The number of nitriles is 2. The predicted octanol–water partition coefficient (Wildman–Crippen LogP) is 4.54. The molecule has 0 amide bonds. The standard InChI is InChI=1S/C19H18N2/c1-3-19(4-2,17-9-5-15(13-20)6-10-17)18-11-7-16(14-21)8-12-18/h5-12H,3-4H2,1-2H3. The Morgan fingerprint density at radius 1 is 0.714 bits per heavy atom. The van der Waals surface area contributed by atoms with Gasteiger partial charge in [-0.2, -0.15) is 10.5 Å². The third-order valence-corrected chi connectivity index (χ3v) is 4.34. The van der Waals surface area contributed by atoms with Gasteiger partial charge in [0.05, 0.1) is 23.3 Å². The quantitative estimate of drug-likeness (QED) is 0.822. The van der Waals surface area contributed by atoms with Crippen LogP contribution in [0.4, 0.5) is 0 Å². The van der Waals surface area contributed by atoms with Crippen molar-refractivity contribution < 1.29 is 0 Å². The van der Waals surface area contributed by atoms with Crippen LogP contribution in [0.1, 0.15) is 48.9 Å². The molecule has 0 heterocycles. The van der Waals surface area contributed by atoms with Crippen LogP contribution in [-0.4, -0.2) is 0 Å². The van der Waals surface area contributed by atoms with Gasteiger partial charge < -0.3 is 0 Å².